The molecule has 0 unspecified atom stereocenters. The highest BCUT2D eigenvalue weighted by Gasteiger charge is 2.63. The predicted molar refractivity (Wildman–Crippen MR) is 89.0 cm³/mol. The first-order valence-corrected chi connectivity index (χ1v) is 9.49. The maximum absolute atomic E-state index is 10.2. The van der Waals surface area contributed by atoms with Gasteiger partial charge in [-0.05, 0) is 98.0 Å². The lowest BCUT2D eigenvalue weighted by Crippen LogP contribution is -2.62. The zero-order chi connectivity index (χ0) is 15.6. The molecular formula is C21H26O2. The minimum atomic E-state index is -0.879. The second-order valence-electron chi connectivity index (χ2n) is 8.80. The zero-order valence-corrected chi connectivity index (χ0v) is 13.6. The maximum atomic E-state index is 10.2. The molecule has 7 fully saturated rings. The lowest BCUT2D eigenvalue weighted by molar-refractivity contribution is -0.202. The van der Waals surface area contributed by atoms with Gasteiger partial charge in [0.15, 0.2) is 0 Å². The van der Waals surface area contributed by atoms with Gasteiger partial charge < -0.3 is 5.11 Å². The van der Waals surface area contributed by atoms with E-state index in [1.165, 1.54) is 47.3 Å². The Hall–Kier alpha value is -1.31. The van der Waals surface area contributed by atoms with Crippen molar-refractivity contribution in [3.8, 4) is 0 Å². The molecule has 2 heteroatoms. The first kappa shape index (κ1) is 14.1. The van der Waals surface area contributed by atoms with Gasteiger partial charge in [0.2, 0.25) is 0 Å². The number of carbonyl (C=O) groups is 1. The van der Waals surface area contributed by atoms with Gasteiger partial charge in [0.25, 0.3) is 0 Å². The van der Waals surface area contributed by atoms with Crippen molar-refractivity contribution in [2.24, 2.45) is 47.3 Å². The molecule has 0 heterocycles. The maximum Gasteiger partial charge on any atom is 0.335 e. The average Bonchev–Trinajstić information content (AvgIpc) is 2.60. The summed E-state index contributed by atoms with van der Waals surface area (Å²) in [7, 11) is 0. The second kappa shape index (κ2) is 5.09. The van der Waals surface area contributed by atoms with E-state index in [-0.39, 0.29) is 0 Å². The summed E-state index contributed by atoms with van der Waals surface area (Å²) in [4.78, 5) is 10.2. The Morgan fingerprint density at radius 2 is 1.04 bits per heavy atom. The van der Waals surface area contributed by atoms with Gasteiger partial charge in [-0.2, -0.15) is 0 Å². The van der Waals surface area contributed by atoms with Gasteiger partial charge in [-0.15, -0.1) is 0 Å². The molecule has 8 rings (SSSR count). The van der Waals surface area contributed by atoms with Crippen LogP contribution < -0.4 is 0 Å². The second-order valence-corrected chi connectivity index (χ2v) is 8.80. The van der Waals surface area contributed by atoms with Crippen LogP contribution in [-0.2, 0) is 0 Å². The number of hydrogen-bond acceptors (Lipinski definition) is 1. The van der Waals surface area contributed by atoms with Gasteiger partial charge in [-0.25, -0.2) is 4.79 Å². The summed E-state index contributed by atoms with van der Waals surface area (Å²) < 4.78 is 0. The van der Waals surface area contributed by atoms with Gasteiger partial charge in [-0.3, -0.25) is 0 Å². The van der Waals surface area contributed by atoms with Crippen LogP contribution in [0.3, 0.4) is 0 Å². The molecule has 7 saturated carbocycles. The van der Waals surface area contributed by atoms with E-state index in [4.69, 9.17) is 5.11 Å². The third-order valence-electron chi connectivity index (χ3n) is 7.95. The third kappa shape index (κ3) is 2.10. The highest BCUT2D eigenvalue weighted by atomic mass is 16.4. The monoisotopic (exact) mass is 310 g/mol. The molecule has 8 bridgehead atoms. The van der Waals surface area contributed by atoms with Crippen LogP contribution in [0.15, 0.2) is 30.3 Å². The lowest BCUT2D eigenvalue weighted by Gasteiger charge is -2.69. The van der Waals surface area contributed by atoms with Crippen molar-refractivity contribution in [1.82, 2.24) is 0 Å². The first-order chi connectivity index (χ1) is 11.2. The summed E-state index contributed by atoms with van der Waals surface area (Å²) in [5.74, 6) is 8.86. The third-order valence-corrected chi connectivity index (χ3v) is 7.95. The molecule has 122 valence electrons. The largest absolute Gasteiger partial charge is 0.478 e. The molecule has 0 aromatic heterocycles. The Morgan fingerprint density at radius 1 is 0.696 bits per heavy atom. The standard InChI is InChI=1S/C14H20.C7H6O2/c1-7-2-12-10-4-8-5-11(9(1)10)13(3-7)14(12)6-8;8-7(9)6-4-2-1-3-5-6/h7-14H,1-6H2;1-5H,(H,8,9). The van der Waals surface area contributed by atoms with Crippen LogP contribution in [0.25, 0.3) is 0 Å². The van der Waals surface area contributed by atoms with Crippen LogP contribution in [0.2, 0.25) is 0 Å². The van der Waals surface area contributed by atoms with Crippen molar-refractivity contribution in [3.05, 3.63) is 35.9 Å². The van der Waals surface area contributed by atoms with Crippen LogP contribution in [0, 0.1) is 47.3 Å². The Balaban J connectivity index is 0.000000119. The van der Waals surface area contributed by atoms with E-state index in [2.05, 4.69) is 0 Å². The van der Waals surface area contributed by atoms with Crippen LogP contribution >= 0.6 is 0 Å². The Bertz CT molecular complexity index is 520. The highest BCUT2D eigenvalue weighted by Crippen LogP contribution is 2.71. The average molecular weight is 310 g/mol. The fraction of sp³-hybridized carbons (Fsp3) is 0.667. The van der Waals surface area contributed by atoms with E-state index in [1.54, 1.807) is 68.9 Å². The molecule has 0 radical (unpaired) electrons. The quantitative estimate of drug-likeness (QED) is 0.815. The van der Waals surface area contributed by atoms with Crippen LogP contribution in [0.1, 0.15) is 48.9 Å². The van der Waals surface area contributed by atoms with Crippen molar-refractivity contribution in [3.63, 3.8) is 0 Å². The van der Waals surface area contributed by atoms with E-state index in [0.717, 1.165) is 0 Å². The molecule has 0 saturated heterocycles. The number of carboxylic acid groups (broad SMARTS) is 1. The van der Waals surface area contributed by atoms with Crippen molar-refractivity contribution in [1.29, 1.82) is 0 Å². The molecule has 1 N–H and O–H groups in total. The van der Waals surface area contributed by atoms with Gasteiger partial charge in [0.05, 0.1) is 5.56 Å². The number of aromatic carboxylic acids is 1. The number of benzene rings is 1. The molecule has 1 aromatic carbocycles. The predicted octanol–water partition coefficient (Wildman–Crippen LogP) is 4.71. The highest BCUT2D eigenvalue weighted by molar-refractivity contribution is 5.87. The van der Waals surface area contributed by atoms with Gasteiger partial charge in [0.1, 0.15) is 0 Å². The molecule has 2 nitrogen and oxygen atoms in total. The normalized spacial score (nSPS) is 47.3. The van der Waals surface area contributed by atoms with Crippen molar-refractivity contribution >= 4 is 5.97 Å². The van der Waals surface area contributed by atoms with E-state index < -0.39 is 5.97 Å². The van der Waals surface area contributed by atoms with Gasteiger partial charge in [-0.1, -0.05) is 18.2 Å². The fourth-order valence-electron chi connectivity index (χ4n) is 7.47. The molecule has 0 atom stereocenters. The first-order valence-electron chi connectivity index (χ1n) is 9.49. The molecule has 7 aliphatic carbocycles. The smallest absolute Gasteiger partial charge is 0.335 e. The van der Waals surface area contributed by atoms with Crippen LogP contribution in [-0.4, -0.2) is 11.1 Å². The minimum absolute atomic E-state index is 0.331. The van der Waals surface area contributed by atoms with E-state index in [0.29, 0.717) is 5.56 Å². The summed E-state index contributed by atoms with van der Waals surface area (Å²) in [6.45, 7) is 0. The summed E-state index contributed by atoms with van der Waals surface area (Å²) >= 11 is 0. The van der Waals surface area contributed by atoms with Crippen molar-refractivity contribution in [2.75, 3.05) is 0 Å². The van der Waals surface area contributed by atoms with Crippen molar-refractivity contribution in [2.45, 2.75) is 38.5 Å². The van der Waals surface area contributed by atoms with E-state index >= 15 is 0 Å². The zero-order valence-electron chi connectivity index (χ0n) is 13.6. The minimum Gasteiger partial charge on any atom is -0.478 e. The van der Waals surface area contributed by atoms with Gasteiger partial charge in [0, 0.05) is 0 Å². The molecule has 0 spiro atoms. The molecule has 0 amide bonds. The van der Waals surface area contributed by atoms with E-state index in [1.807, 2.05) is 0 Å². The number of hydrogen-bond donors (Lipinski definition) is 1. The van der Waals surface area contributed by atoms with Crippen LogP contribution in [0.4, 0.5) is 0 Å². The Morgan fingerprint density at radius 3 is 1.30 bits per heavy atom. The lowest BCUT2D eigenvalue weighted by atomic mass is 9.36. The SMILES string of the molecule is C1C2CC3C4CC5CC(C14)C(C2)C3C5.O=C(O)c1ccccc1. The molecular weight excluding hydrogens is 284 g/mol. The molecule has 0 aliphatic heterocycles. The van der Waals surface area contributed by atoms with Crippen LogP contribution in [0.5, 0.6) is 0 Å². The Labute approximate surface area is 138 Å². The number of rotatable bonds is 1. The van der Waals surface area contributed by atoms with E-state index in [9.17, 15) is 4.79 Å². The Kier molecular flexibility index (Phi) is 3.11. The summed E-state index contributed by atoms with van der Waals surface area (Å²) in [6, 6.07) is 8.30. The van der Waals surface area contributed by atoms with Crippen molar-refractivity contribution < 1.29 is 9.90 Å². The molecule has 1 aromatic rings. The number of carboxylic acids is 1. The topological polar surface area (TPSA) is 37.3 Å². The summed E-state index contributed by atoms with van der Waals surface area (Å²) in [5, 5.41) is 8.38. The summed E-state index contributed by atoms with van der Waals surface area (Å²) in [5.41, 5.74) is 0.331. The molecule has 7 aliphatic rings. The molecule has 23 heavy (non-hydrogen) atoms. The summed E-state index contributed by atoms with van der Waals surface area (Å²) in [6.07, 6.45) is 9.93. The fourth-order valence-corrected chi connectivity index (χ4v) is 7.47. The van der Waals surface area contributed by atoms with Gasteiger partial charge >= 0.3 is 5.97 Å².